The second-order valence-electron chi connectivity index (χ2n) is 2.76. The number of aryl methyl sites for hydroxylation is 1. The van der Waals surface area contributed by atoms with Gasteiger partial charge in [0.1, 0.15) is 0 Å². The van der Waals surface area contributed by atoms with Gasteiger partial charge in [0.25, 0.3) is 5.56 Å². The molecule has 1 aromatic heterocycles. The molecule has 0 saturated carbocycles. The van der Waals surface area contributed by atoms with Crippen LogP contribution in [0.3, 0.4) is 0 Å². The summed E-state index contributed by atoms with van der Waals surface area (Å²) in [5.74, 6) is 0. The maximum Gasteiger partial charge on any atom is 0.325 e. The van der Waals surface area contributed by atoms with Gasteiger partial charge in [-0.05, 0) is 13.3 Å². The van der Waals surface area contributed by atoms with E-state index in [0.29, 0.717) is 17.7 Å². The first-order valence-corrected chi connectivity index (χ1v) is 3.97. The van der Waals surface area contributed by atoms with Gasteiger partial charge in [-0.3, -0.25) is 9.78 Å². The van der Waals surface area contributed by atoms with Crippen molar-refractivity contribution in [3.05, 3.63) is 32.1 Å². The summed E-state index contributed by atoms with van der Waals surface area (Å²) in [6.45, 7) is 3.73. The van der Waals surface area contributed by atoms with Crippen molar-refractivity contribution in [1.82, 2.24) is 9.97 Å². The molecule has 0 aliphatic rings. The Morgan fingerprint density at radius 3 is 2.42 bits per heavy atom. The summed E-state index contributed by atoms with van der Waals surface area (Å²) in [6.07, 6.45) is 1.61. The van der Waals surface area contributed by atoms with Gasteiger partial charge < -0.3 is 4.98 Å². The number of rotatable bonds is 2. The highest BCUT2D eigenvalue weighted by atomic mass is 16.2. The summed E-state index contributed by atoms with van der Waals surface area (Å²) >= 11 is 0. The quantitative estimate of drug-likeness (QED) is 0.668. The molecule has 0 aliphatic heterocycles. The molecule has 1 heterocycles. The van der Waals surface area contributed by atoms with E-state index in [1.165, 1.54) is 0 Å². The summed E-state index contributed by atoms with van der Waals surface area (Å²) in [6, 6.07) is 0. The van der Waals surface area contributed by atoms with Crippen molar-refractivity contribution in [2.45, 2.75) is 26.7 Å². The third-order valence-electron chi connectivity index (χ3n) is 1.75. The second-order valence-corrected chi connectivity index (χ2v) is 2.76. The average Bonchev–Trinajstić information content (AvgIpc) is 1.96. The van der Waals surface area contributed by atoms with Crippen LogP contribution in [0.15, 0.2) is 9.59 Å². The number of aromatic amines is 2. The van der Waals surface area contributed by atoms with E-state index in [1.807, 2.05) is 6.92 Å². The van der Waals surface area contributed by atoms with Crippen LogP contribution >= 0.6 is 0 Å². The van der Waals surface area contributed by atoms with E-state index < -0.39 is 5.69 Å². The zero-order chi connectivity index (χ0) is 9.14. The van der Waals surface area contributed by atoms with E-state index in [2.05, 4.69) is 9.97 Å². The van der Waals surface area contributed by atoms with Gasteiger partial charge >= 0.3 is 5.69 Å². The maximum absolute atomic E-state index is 11.2. The first-order chi connectivity index (χ1) is 5.65. The van der Waals surface area contributed by atoms with Gasteiger partial charge in [0.2, 0.25) is 0 Å². The fourth-order valence-electron chi connectivity index (χ4n) is 1.18. The van der Waals surface area contributed by atoms with Gasteiger partial charge in [0, 0.05) is 11.3 Å². The Hall–Kier alpha value is -1.32. The highest BCUT2D eigenvalue weighted by Gasteiger charge is 2.02. The summed E-state index contributed by atoms with van der Waals surface area (Å²) < 4.78 is 0. The molecule has 1 aromatic rings. The SMILES string of the molecule is CCCc1c(C)[nH]c(=O)[nH]c1=O. The molecule has 0 unspecified atom stereocenters. The van der Waals surface area contributed by atoms with E-state index in [-0.39, 0.29) is 5.56 Å². The lowest BCUT2D eigenvalue weighted by Crippen LogP contribution is -2.26. The van der Waals surface area contributed by atoms with Gasteiger partial charge in [-0.1, -0.05) is 13.3 Å². The third-order valence-corrected chi connectivity index (χ3v) is 1.75. The Morgan fingerprint density at radius 2 is 1.92 bits per heavy atom. The first kappa shape index (κ1) is 8.77. The minimum absolute atomic E-state index is 0.266. The predicted octanol–water partition coefficient (Wildman–Crippen LogP) is 0.324. The van der Waals surface area contributed by atoms with Crippen LogP contribution in [0.5, 0.6) is 0 Å². The van der Waals surface area contributed by atoms with E-state index in [0.717, 1.165) is 6.42 Å². The topological polar surface area (TPSA) is 65.7 Å². The number of hydrogen-bond donors (Lipinski definition) is 2. The van der Waals surface area contributed by atoms with E-state index >= 15 is 0 Å². The van der Waals surface area contributed by atoms with Crippen LogP contribution in [0.2, 0.25) is 0 Å². The maximum atomic E-state index is 11.2. The molecule has 0 aromatic carbocycles. The molecule has 0 radical (unpaired) electrons. The summed E-state index contributed by atoms with van der Waals surface area (Å²) in [7, 11) is 0. The smallest absolute Gasteiger partial charge is 0.311 e. The standard InChI is InChI=1S/C8H12N2O2/c1-3-4-6-5(2)9-8(12)10-7(6)11/h3-4H2,1-2H3,(H2,9,10,11,12). The van der Waals surface area contributed by atoms with Gasteiger partial charge in [-0.25, -0.2) is 4.79 Å². The molecule has 0 bridgehead atoms. The van der Waals surface area contributed by atoms with Gasteiger partial charge in [0.15, 0.2) is 0 Å². The van der Waals surface area contributed by atoms with Crippen LogP contribution < -0.4 is 11.2 Å². The molecular formula is C8H12N2O2. The highest BCUT2D eigenvalue weighted by Crippen LogP contribution is 1.97. The molecule has 66 valence electrons. The van der Waals surface area contributed by atoms with Crippen LogP contribution in [0, 0.1) is 6.92 Å². The lowest BCUT2D eigenvalue weighted by molar-refractivity contribution is 0.850. The molecule has 0 amide bonds. The molecule has 1 rings (SSSR count). The molecule has 0 saturated heterocycles. The van der Waals surface area contributed by atoms with Crippen molar-refractivity contribution in [2.75, 3.05) is 0 Å². The summed E-state index contributed by atoms with van der Waals surface area (Å²) in [5, 5.41) is 0. The molecule has 0 aliphatic carbocycles. The largest absolute Gasteiger partial charge is 0.325 e. The van der Waals surface area contributed by atoms with Crippen molar-refractivity contribution < 1.29 is 0 Å². The molecule has 0 atom stereocenters. The molecule has 4 nitrogen and oxygen atoms in total. The van der Waals surface area contributed by atoms with E-state index in [1.54, 1.807) is 6.92 Å². The van der Waals surface area contributed by atoms with E-state index in [4.69, 9.17) is 0 Å². The third kappa shape index (κ3) is 1.64. The van der Waals surface area contributed by atoms with Crippen LogP contribution in [0.4, 0.5) is 0 Å². The van der Waals surface area contributed by atoms with Gasteiger partial charge in [0.05, 0.1) is 0 Å². The van der Waals surface area contributed by atoms with Crippen LogP contribution in [0.25, 0.3) is 0 Å². The average molecular weight is 168 g/mol. The van der Waals surface area contributed by atoms with E-state index in [9.17, 15) is 9.59 Å². The van der Waals surface area contributed by atoms with Crippen LogP contribution in [-0.2, 0) is 6.42 Å². The van der Waals surface area contributed by atoms with Gasteiger partial charge in [-0.2, -0.15) is 0 Å². The summed E-state index contributed by atoms with van der Waals surface area (Å²) in [5.41, 5.74) is 0.651. The lowest BCUT2D eigenvalue weighted by Gasteiger charge is -2.00. The minimum atomic E-state index is -0.433. The van der Waals surface area contributed by atoms with Crippen molar-refractivity contribution in [3.8, 4) is 0 Å². The Kier molecular flexibility index (Phi) is 2.47. The Labute approximate surface area is 69.7 Å². The van der Waals surface area contributed by atoms with Crippen molar-refractivity contribution in [1.29, 1.82) is 0 Å². The number of nitrogens with one attached hydrogen (secondary N) is 2. The molecule has 0 fully saturated rings. The molecule has 2 N–H and O–H groups in total. The Morgan fingerprint density at radius 1 is 1.25 bits per heavy atom. The minimum Gasteiger partial charge on any atom is -0.311 e. The monoisotopic (exact) mass is 168 g/mol. The predicted molar refractivity (Wildman–Crippen MR) is 46.4 cm³/mol. The molecule has 12 heavy (non-hydrogen) atoms. The summed E-state index contributed by atoms with van der Waals surface area (Å²) in [4.78, 5) is 26.7. The zero-order valence-corrected chi connectivity index (χ0v) is 7.23. The molecular weight excluding hydrogens is 156 g/mol. The molecule has 4 heteroatoms. The van der Waals surface area contributed by atoms with Crippen LogP contribution in [0.1, 0.15) is 24.6 Å². The van der Waals surface area contributed by atoms with Crippen molar-refractivity contribution >= 4 is 0 Å². The molecule has 0 spiro atoms. The number of hydrogen-bond acceptors (Lipinski definition) is 2. The van der Waals surface area contributed by atoms with Crippen molar-refractivity contribution in [2.24, 2.45) is 0 Å². The fraction of sp³-hybridized carbons (Fsp3) is 0.500. The van der Waals surface area contributed by atoms with Crippen molar-refractivity contribution in [3.63, 3.8) is 0 Å². The van der Waals surface area contributed by atoms with Crippen LogP contribution in [-0.4, -0.2) is 9.97 Å². The Bertz CT molecular complexity index is 375. The Balaban J connectivity index is 3.29. The highest BCUT2D eigenvalue weighted by molar-refractivity contribution is 5.14. The normalized spacial score (nSPS) is 10.2. The number of aromatic nitrogens is 2. The fourth-order valence-corrected chi connectivity index (χ4v) is 1.18. The zero-order valence-electron chi connectivity index (χ0n) is 7.23. The van der Waals surface area contributed by atoms with Gasteiger partial charge in [-0.15, -0.1) is 0 Å². The lowest BCUT2D eigenvalue weighted by atomic mass is 10.1. The first-order valence-electron chi connectivity index (χ1n) is 3.97. The second kappa shape index (κ2) is 3.38. The number of H-pyrrole nitrogens is 2.